The van der Waals surface area contributed by atoms with Gasteiger partial charge in [0.25, 0.3) is 5.91 Å². The maximum Gasteiger partial charge on any atom is 0.270 e. The Bertz CT molecular complexity index is 809. The molecule has 1 amide bonds. The summed E-state index contributed by atoms with van der Waals surface area (Å²) in [5, 5.41) is 4.16. The first kappa shape index (κ1) is 16.4. The molecular formula is C19H24N4O2S. The van der Waals surface area contributed by atoms with Crippen molar-refractivity contribution in [3.63, 3.8) is 0 Å². The van der Waals surface area contributed by atoms with Gasteiger partial charge in [-0.3, -0.25) is 9.78 Å². The molecule has 4 aliphatic heterocycles. The summed E-state index contributed by atoms with van der Waals surface area (Å²) in [6.45, 7) is 5.32. The summed E-state index contributed by atoms with van der Waals surface area (Å²) < 4.78 is 6.03. The maximum atomic E-state index is 12.7. The minimum absolute atomic E-state index is 0.0852. The molecule has 2 aromatic heterocycles. The van der Waals surface area contributed by atoms with Crippen molar-refractivity contribution in [3.05, 3.63) is 24.0 Å². The molecule has 26 heavy (non-hydrogen) atoms. The first-order chi connectivity index (χ1) is 12.8. The van der Waals surface area contributed by atoms with Gasteiger partial charge in [0, 0.05) is 60.9 Å². The van der Waals surface area contributed by atoms with Gasteiger partial charge in [-0.05, 0) is 31.8 Å². The smallest absolute Gasteiger partial charge is 0.270 e. The van der Waals surface area contributed by atoms with Gasteiger partial charge in [-0.1, -0.05) is 0 Å². The predicted octanol–water partition coefficient (Wildman–Crippen LogP) is 2.21. The standard InChI is InChI=1S/C19H24N4O2S/c24-19(21-16-12-22-3-1-13(16)2-4-22)15-10-17-14(11-20-15)9-18(25-17)23-5-7-26-8-6-23/h9-11,13,16H,1-8,12H2,(H,21,24)/t16-/m0/s1. The molecule has 0 unspecified atom stereocenters. The Morgan fingerprint density at radius 2 is 2.00 bits per heavy atom. The highest BCUT2D eigenvalue weighted by atomic mass is 32.2. The van der Waals surface area contributed by atoms with Crippen LogP contribution in [-0.4, -0.2) is 66.1 Å². The van der Waals surface area contributed by atoms with Gasteiger partial charge in [0.2, 0.25) is 0 Å². The normalized spacial score (nSPS) is 28.5. The summed E-state index contributed by atoms with van der Waals surface area (Å²) in [6, 6.07) is 4.07. The molecule has 2 aromatic rings. The second-order valence-electron chi connectivity index (χ2n) is 7.51. The zero-order valence-electron chi connectivity index (χ0n) is 14.8. The Hall–Kier alpha value is -1.73. The van der Waals surface area contributed by atoms with Crippen LogP contribution in [0.3, 0.4) is 0 Å². The van der Waals surface area contributed by atoms with Gasteiger partial charge >= 0.3 is 0 Å². The van der Waals surface area contributed by atoms with Gasteiger partial charge in [-0.25, -0.2) is 0 Å². The number of carbonyl (C=O) groups excluding carboxylic acids is 1. The van der Waals surface area contributed by atoms with E-state index in [1.54, 1.807) is 12.3 Å². The molecule has 0 aliphatic carbocycles. The number of hydrogen-bond donors (Lipinski definition) is 1. The minimum atomic E-state index is -0.0852. The Kier molecular flexibility index (Phi) is 4.29. The third-order valence-electron chi connectivity index (χ3n) is 5.92. The molecule has 0 saturated carbocycles. The number of hydrogen-bond acceptors (Lipinski definition) is 6. The highest BCUT2D eigenvalue weighted by Crippen LogP contribution is 2.29. The SMILES string of the molecule is O=C(N[C@H]1CN2CCC1CC2)c1cc2oc(N3CCSCC3)cc2cn1. The van der Waals surface area contributed by atoms with Crippen LogP contribution in [0.4, 0.5) is 5.88 Å². The maximum absolute atomic E-state index is 12.7. The van der Waals surface area contributed by atoms with Crippen LogP contribution in [0.1, 0.15) is 23.3 Å². The second kappa shape index (κ2) is 6.78. The fraction of sp³-hybridized carbons (Fsp3) is 0.579. The summed E-state index contributed by atoms with van der Waals surface area (Å²) in [5.74, 6) is 3.67. The zero-order chi connectivity index (χ0) is 17.5. The van der Waals surface area contributed by atoms with Gasteiger partial charge in [0.1, 0.15) is 11.3 Å². The Morgan fingerprint density at radius 3 is 2.73 bits per heavy atom. The molecule has 2 bridgehead atoms. The molecular weight excluding hydrogens is 348 g/mol. The average Bonchev–Trinajstić information content (AvgIpc) is 3.13. The number of nitrogens with zero attached hydrogens (tertiary/aromatic N) is 3. The number of anilines is 1. The molecule has 6 heterocycles. The molecule has 1 N–H and O–H groups in total. The molecule has 7 heteroatoms. The Labute approximate surface area is 157 Å². The highest BCUT2D eigenvalue weighted by Gasteiger charge is 2.35. The fourth-order valence-corrected chi connectivity index (χ4v) is 5.26. The number of rotatable bonds is 3. The number of piperidine rings is 3. The van der Waals surface area contributed by atoms with E-state index in [4.69, 9.17) is 4.42 Å². The van der Waals surface area contributed by atoms with E-state index >= 15 is 0 Å². The van der Waals surface area contributed by atoms with Crippen LogP contribution >= 0.6 is 11.8 Å². The zero-order valence-corrected chi connectivity index (χ0v) is 15.6. The highest BCUT2D eigenvalue weighted by molar-refractivity contribution is 7.99. The molecule has 6 rings (SSSR count). The summed E-state index contributed by atoms with van der Waals surface area (Å²) in [6.07, 6.45) is 4.13. The summed E-state index contributed by atoms with van der Waals surface area (Å²) in [4.78, 5) is 21.8. The fourth-order valence-electron chi connectivity index (χ4n) is 4.35. The van der Waals surface area contributed by atoms with Crippen molar-refractivity contribution in [2.75, 3.05) is 49.1 Å². The number of pyridine rings is 1. The topological polar surface area (TPSA) is 61.6 Å². The number of amides is 1. The lowest BCUT2D eigenvalue weighted by molar-refractivity contribution is 0.0618. The number of fused-ring (bicyclic) bond motifs is 4. The van der Waals surface area contributed by atoms with Crippen LogP contribution < -0.4 is 10.2 Å². The Balaban J connectivity index is 1.33. The van der Waals surface area contributed by atoms with E-state index in [-0.39, 0.29) is 11.9 Å². The van der Waals surface area contributed by atoms with E-state index in [0.29, 0.717) is 11.6 Å². The second-order valence-corrected chi connectivity index (χ2v) is 8.73. The van der Waals surface area contributed by atoms with Crippen LogP contribution in [0.25, 0.3) is 11.0 Å². The van der Waals surface area contributed by atoms with Gasteiger partial charge in [-0.15, -0.1) is 0 Å². The van der Waals surface area contributed by atoms with E-state index in [1.165, 1.54) is 25.9 Å². The number of nitrogens with one attached hydrogen (secondary N) is 1. The number of thioether (sulfide) groups is 1. The molecule has 0 radical (unpaired) electrons. The minimum Gasteiger partial charge on any atom is -0.440 e. The van der Waals surface area contributed by atoms with Crippen molar-refractivity contribution in [2.24, 2.45) is 5.92 Å². The first-order valence-electron chi connectivity index (χ1n) is 9.52. The van der Waals surface area contributed by atoms with Crippen molar-refractivity contribution in [3.8, 4) is 0 Å². The van der Waals surface area contributed by atoms with E-state index in [9.17, 15) is 4.79 Å². The largest absolute Gasteiger partial charge is 0.440 e. The third-order valence-corrected chi connectivity index (χ3v) is 6.86. The van der Waals surface area contributed by atoms with Crippen LogP contribution in [0.2, 0.25) is 0 Å². The van der Waals surface area contributed by atoms with Crippen LogP contribution in [-0.2, 0) is 0 Å². The summed E-state index contributed by atoms with van der Waals surface area (Å²) in [5.41, 5.74) is 1.19. The van der Waals surface area contributed by atoms with Gasteiger partial charge < -0.3 is 19.5 Å². The van der Waals surface area contributed by atoms with Crippen molar-refractivity contribution in [1.29, 1.82) is 0 Å². The van der Waals surface area contributed by atoms with Crippen LogP contribution in [0.5, 0.6) is 0 Å². The van der Waals surface area contributed by atoms with E-state index in [1.807, 2.05) is 17.8 Å². The molecule has 4 saturated heterocycles. The lowest BCUT2D eigenvalue weighted by Crippen LogP contribution is -2.57. The summed E-state index contributed by atoms with van der Waals surface area (Å²) in [7, 11) is 0. The Morgan fingerprint density at radius 1 is 1.19 bits per heavy atom. The molecule has 0 aromatic carbocycles. The lowest BCUT2D eigenvalue weighted by Gasteiger charge is -2.44. The third kappa shape index (κ3) is 3.07. The average molecular weight is 372 g/mol. The van der Waals surface area contributed by atoms with Crippen LogP contribution in [0, 0.1) is 5.92 Å². The molecule has 4 aliphatic rings. The van der Waals surface area contributed by atoms with Gasteiger partial charge in [0.15, 0.2) is 5.88 Å². The molecule has 4 fully saturated rings. The quantitative estimate of drug-likeness (QED) is 0.891. The molecule has 138 valence electrons. The van der Waals surface area contributed by atoms with Gasteiger partial charge in [-0.2, -0.15) is 11.8 Å². The number of aromatic nitrogens is 1. The number of furan rings is 1. The van der Waals surface area contributed by atoms with Gasteiger partial charge in [0.05, 0.1) is 0 Å². The monoisotopic (exact) mass is 372 g/mol. The molecule has 6 nitrogen and oxygen atoms in total. The number of carbonyl (C=O) groups is 1. The van der Waals surface area contributed by atoms with E-state index in [0.717, 1.165) is 48.0 Å². The van der Waals surface area contributed by atoms with Crippen molar-refractivity contribution >= 4 is 34.5 Å². The lowest BCUT2D eigenvalue weighted by atomic mass is 9.84. The molecule has 0 spiro atoms. The van der Waals surface area contributed by atoms with E-state index in [2.05, 4.69) is 20.1 Å². The molecule has 1 atom stereocenters. The van der Waals surface area contributed by atoms with Crippen molar-refractivity contribution in [1.82, 2.24) is 15.2 Å². The predicted molar refractivity (Wildman–Crippen MR) is 104 cm³/mol. The van der Waals surface area contributed by atoms with Crippen molar-refractivity contribution < 1.29 is 9.21 Å². The summed E-state index contributed by atoms with van der Waals surface area (Å²) >= 11 is 1.98. The van der Waals surface area contributed by atoms with Crippen molar-refractivity contribution in [2.45, 2.75) is 18.9 Å². The van der Waals surface area contributed by atoms with E-state index < -0.39 is 0 Å². The van der Waals surface area contributed by atoms with Crippen LogP contribution in [0.15, 0.2) is 22.7 Å². The first-order valence-corrected chi connectivity index (χ1v) is 10.7.